The predicted octanol–water partition coefficient (Wildman–Crippen LogP) is 1.85. The van der Waals surface area contributed by atoms with E-state index in [1.54, 1.807) is 30.3 Å². The monoisotopic (exact) mass is 551 g/mol. The molecule has 0 bridgehead atoms. The van der Waals surface area contributed by atoms with Crippen LogP contribution in [-0.4, -0.2) is 84.5 Å². The molecule has 2 aromatic carbocycles. The summed E-state index contributed by atoms with van der Waals surface area (Å²) < 4.78 is 27.9. The standard InChI is InChI=1S/C30H33NO9/c1-36-23-16-29-10-6-11-31(29)12-9-19-13-21-22(39-17-38-21)14-20(19)24(29)25(23)40-28(34)30(35,26(32)27(33)37-2)15-18-7-4-3-5-8-18/h3-5,7-8,13-14,16,24-26,32,35H,6,9-12,15,17H2,1-2H3/t24-,25-,26-,29-,30-/m1/s1. The maximum atomic E-state index is 13.9. The zero-order chi connectivity index (χ0) is 28.1. The Labute approximate surface area is 232 Å². The van der Waals surface area contributed by atoms with Crippen LogP contribution >= 0.6 is 0 Å². The van der Waals surface area contributed by atoms with E-state index in [1.165, 1.54) is 7.11 Å². The normalized spacial score (nSPS) is 26.9. The van der Waals surface area contributed by atoms with Crippen LogP contribution in [0.3, 0.4) is 0 Å². The van der Waals surface area contributed by atoms with E-state index in [0.29, 0.717) is 22.8 Å². The van der Waals surface area contributed by atoms with Crippen LogP contribution in [0.25, 0.3) is 0 Å². The van der Waals surface area contributed by atoms with Gasteiger partial charge in [-0.3, -0.25) is 4.90 Å². The lowest BCUT2D eigenvalue weighted by atomic mass is 9.77. The molecule has 1 spiro atoms. The first-order chi connectivity index (χ1) is 19.3. The second-order valence-electron chi connectivity index (χ2n) is 10.8. The Morgan fingerprint density at radius 3 is 2.62 bits per heavy atom. The van der Waals surface area contributed by atoms with Crippen LogP contribution in [-0.2, 0) is 36.6 Å². The van der Waals surface area contributed by atoms with Crippen LogP contribution in [0.5, 0.6) is 11.5 Å². The second-order valence-corrected chi connectivity index (χ2v) is 10.8. The van der Waals surface area contributed by atoms with Gasteiger partial charge in [0.1, 0.15) is 5.76 Å². The number of hydrogen-bond donors (Lipinski definition) is 2. The molecule has 0 aromatic heterocycles. The van der Waals surface area contributed by atoms with Crippen LogP contribution in [0.2, 0.25) is 0 Å². The minimum absolute atomic E-state index is 0.137. The van der Waals surface area contributed by atoms with E-state index in [0.717, 1.165) is 50.6 Å². The number of benzene rings is 2. The van der Waals surface area contributed by atoms with Gasteiger partial charge in [0.25, 0.3) is 0 Å². The van der Waals surface area contributed by atoms with E-state index in [-0.39, 0.29) is 19.1 Å². The molecular weight excluding hydrogens is 518 g/mol. The van der Waals surface area contributed by atoms with Crippen LogP contribution < -0.4 is 9.47 Å². The number of methoxy groups -OCH3 is 2. The Hall–Kier alpha value is -3.60. The van der Waals surface area contributed by atoms with Gasteiger partial charge in [0.15, 0.2) is 23.7 Å². The van der Waals surface area contributed by atoms with Crippen LogP contribution in [0.4, 0.5) is 0 Å². The average molecular weight is 552 g/mol. The predicted molar refractivity (Wildman–Crippen MR) is 141 cm³/mol. The number of rotatable bonds is 7. The number of aliphatic hydroxyl groups excluding tert-OH is 1. The van der Waals surface area contributed by atoms with Gasteiger partial charge >= 0.3 is 11.9 Å². The van der Waals surface area contributed by atoms with Crippen molar-refractivity contribution in [3.63, 3.8) is 0 Å². The Bertz CT molecular complexity index is 1340. The van der Waals surface area contributed by atoms with Crippen molar-refractivity contribution in [2.24, 2.45) is 0 Å². The third kappa shape index (κ3) is 4.13. The van der Waals surface area contributed by atoms with Crippen LogP contribution in [0.1, 0.15) is 35.4 Å². The minimum Gasteiger partial charge on any atom is -0.497 e. The second kappa shape index (κ2) is 10.1. The number of aliphatic hydroxyl groups is 2. The molecule has 3 aliphatic heterocycles. The highest BCUT2D eigenvalue weighted by molar-refractivity contribution is 5.89. The summed E-state index contributed by atoms with van der Waals surface area (Å²) in [5.41, 5.74) is -0.544. The molecule has 10 heteroatoms. The van der Waals surface area contributed by atoms with Crippen molar-refractivity contribution in [2.45, 2.75) is 54.9 Å². The van der Waals surface area contributed by atoms with Crippen molar-refractivity contribution in [3.05, 3.63) is 71.0 Å². The number of nitrogens with zero attached hydrogens (tertiary/aromatic N) is 1. The molecule has 1 fully saturated rings. The smallest absolute Gasteiger partial charge is 0.342 e. The quantitative estimate of drug-likeness (QED) is 0.493. The van der Waals surface area contributed by atoms with E-state index < -0.39 is 35.3 Å². The molecule has 1 aliphatic carbocycles. The first-order valence-electron chi connectivity index (χ1n) is 13.5. The summed E-state index contributed by atoms with van der Waals surface area (Å²) in [6.45, 7) is 1.82. The van der Waals surface area contributed by atoms with Gasteiger partial charge in [0, 0.05) is 13.0 Å². The summed E-state index contributed by atoms with van der Waals surface area (Å²) in [6.07, 6.45) is 1.14. The molecule has 6 rings (SSSR count). The van der Waals surface area contributed by atoms with E-state index in [2.05, 4.69) is 9.64 Å². The molecule has 40 heavy (non-hydrogen) atoms. The van der Waals surface area contributed by atoms with Gasteiger partial charge in [-0.2, -0.15) is 0 Å². The Balaban J connectivity index is 1.41. The summed E-state index contributed by atoms with van der Waals surface area (Å²) in [4.78, 5) is 28.7. The van der Waals surface area contributed by atoms with Gasteiger partial charge in [-0.15, -0.1) is 0 Å². The lowest BCUT2D eigenvalue weighted by Gasteiger charge is -2.40. The Kier molecular flexibility index (Phi) is 6.72. The number of ether oxygens (including phenoxy) is 5. The van der Waals surface area contributed by atoms with E-state index in [4.69, 9.17) is 18.9 Å². The first-order valence-corrected chi connectivity index (χ1v) is 13.5. The number of carbonyl (C=O) groups is 2. The molecule has 0 unspecified atom stereocenters. The molecule has 3 heterocycles. The minimum atomic E-state index is -2.61. The van der Waals surface area contributed by atoms with Gasteiger partial charge in [0.2, 0.25) is 12.4 Å². The first kappa shape index (κ1) is 26.6. The Morgan fingerprint density at radius 1 is 1.15 bits per heavy atom. The summed E-state index contributed by atoms with van der Waals surface area (Å²) in [5.74, 6) is -0.911. The third-order valence-electron chi connectivity index (χ3n) is 8.74. The Morgan fingerprint density at radius 2 is 1.90 bits per heavy atom. The highest BCUT2D eigenvalue weighted by atomic mass is 16.7. The van der Waals surface area contributed by atoms with Crippen molar-refractivity contribution in [2.75, 3.05) is 34.1 Å². The van der Waals surface area contributed by atoms with Crippen LogP contribution in [0.15, 0.2) is 54.3 Å². The van der Waals surface area contributed by atoms with Gasteiger partial charge in [0.05, 0.1) is 25.7 Å². The zero-order valence-electron chi connectivity index (χ0n) is 22.5. The summed E-state index contributed by atoms with van der Waals surface area (Å²) >= 11 is 0. The largest absolute Gasteiger partial charge is 0.497 e. The van der Waals surface area contributed by atoms with Crippen molar-refractivity contribution < 1.29 is 43.5 Å². The lowest BCUT2D eigenvalue weighted by molar-refractivity contribution is -0.193. The van der Waals surface area contributed by atoms with E-state index >= 15 is 0 Å². The van der Waals surface area contributed by atoms with Crippen molar-refractivity contribution in [3.8, 4) is 11.5 Å². The van der Waals surface area contributed by atoms with E-state index in [9.17, 15) is 19.8 Å². The van der Waals surface area contributed by atoms with Gasteiger partial charge < -0.3 is 33.9 Å². The number of esters is 2. The third-order valence-corrected chi connectivity index (χ3v) is 8.74. The van der Waals surface area contributed by atoms with Crippen molar-refractivity contribution >= 4 is 11.9 Å². The molecule has 2 aromatic rings. The average Bonchev–Trinajstić information content (AvgIpc) is 3.66. The molecule has 0 amide bonds. The lowest BCUT2D eigenvalue weighted by Crippen LogP contribution is -2.57. The molecule has 1 saturated heterocycles. The highest BCUT2D eigenvalue weighted by Gasteiger charge is 2.60. The molecule has 4 aliphatic rings. The maximum absolute atomic E-state index is 13.9. The molecule has 5 atom stereocenters. The molecule has 10 nitrogen and oxygen atoms in total. The van der Waals surface area contributed by atoms with Crippen molar-refractivity contribution in [1.29, 1.82) is 0 Å². The van der Waals surface area contributed by atoms with Gasteiger partial charge in [-0.05, 0) is 60.7 Å². The summed E-state index contributed by atoms with van der Waals surface area (Å²) in [6, 6.07) is 12.6. The number of hydrogen-bond acceptors (Lipinski definition) is 10. The highest BCUT2D eigenvalue weighted by Crippen LogP contribution is 2.55. The van der Waals surface area contributed by atoms with Crippen LogP contribution in [0, 0.1) is 0 Å². The zero-order valence-corrected chi connectivity index (χ0v) is 22.5. The topological polar surface area (TPSA) is 124 Å². The molecule has 2 N–H and O–H groups in total. The molecule has 0 saturated carbocycles. The van der Waals surface area contributed by atoms with Gasteiger partial charge in [-0.25, -0.2) is 9.59 Å². The number of fused-ring (bicyclic) bond motifs is 3. The summed E-state index contributed by atoms with van der Waals surface area (Å²) in [5, 5.41) is 22.5. The van der Waals surface area contributed by atoms with Crippen molar-refractivity contribution in [1.82, 2.24) is 4.90 Å². The molecular formula is C30H33NO9. The maximum Gasteiger partial charge on any atom is 0.342 e. The fraction of sp³-hybridized carbons (Fsp3) is 0.467. The number of carbonyl (C=O) groups excluding carboxylic acids is 2. The summed E-state index contributed by atoms with van der Waals surface area (Å²) in [7, 11) is 2.60. The molecule has 0 radical (unpaired) electrons. The fourth-order valence-corrected chi connectivity index (χ4v) is 6.81. The SMILES string of the molecule is COC(=O)[C@@H](O)[C@](O)(Cc1ccccc1)C(=O)O[C@@H]1C(OC)=C[C@@]23CCCN2CCc2cc4c(cc2[C@H]13)OCO4. The van der Waals surface area contributed by atoms with E-state index in [1.807, 2.05) is 18.2 Å². The van der Waals surface area contributed by atoms with Gasteiger partial charge in [-0.1, -0.05) is 30.3 Å². The fourth-order valence-electron chi connectivity index (χ4n) is 6.81. The molecule has 212 valence electrons.